The van der Waals surface area contributed by atoms with Gasteiger partial charge in [-0.3, -0.25) is 4.99 Å². The molecule has 7 nitrogen and oxygen atoms in total. The topological polar surface area (TPSA) is 106 Å². The van der Waals surface area contributed by atoms with Crippen LogP contribution in [0.15, 0.2) is 51.1 Å². The Hall–Kier alpha value is -2.53. The number of sulfone groups is 1. The van der Waals surface area contributed by atoms with Gasteiger partial charge in [-0.05, 0) is 30.5 Å². The highest BCUT2D eigenvalue weighted by Crippen LogP contribution is 2.41. The summed E-state index contributed by atoms with van der Waals surface area (Å²) in [5, 5.41) is 5.92. The van der Waals surface area contributed by atoms with Gasteiger partial charge in [0.15, 0.2) is 9.84 Å². The minimum absolute atomic E-state index is 0.0213. The first-order valence-corrected chi connectivity index (χ1v) is 11.4. The second-order valence-electron chi connectivity index (χ2n) is 8.10. The number of rotatable bonds is 6. The van der Waals surface area contributed by atoms with Crippen LogP contribution in [-0.4, -0.2) is 45.9 Å². The zero-order valence-electron chi connectivity index (χ0n) is 17.6. The van der Waals surface area contributed by atoms with Crippen molar-refractivity contribution in [1.29, 1.82) is 0 Å². The van der Waals surface area contributed by atoms with Crippen LogP contribution >= 0.6 is 0 Å². The van der Waals surface area contributed by atoms with E-state index in [2.05, 4.69) is 15.6 Å². The molecule has 0 bridgehead atoms. The lowest BCUT2D eigenvalue weighted by Gasteiger charge is -2.37. The number of nitrogens with zero attached hydrogens (tertiary/aromatic N) is 1. The van der Waals surface area contributed by atoms with Crippen molar-refractivity contribution < 1.29 is 26.3 Å². The van der Waals surface area contributed by atoms with Crippen LogP contribution in [0.4, 0.5) is 18.9 Å². The molecule has 0 aliphatic carbocycles. The number of benzene rings is 1. The summed E-state index contributed by atoms with van der Waals surface area (Å²) in [7, 11) is -2.05. The van der Waals surface area contributed by atoms with E-state index in [-0.39, 0.29) is 34.4 Å². The maximum Gasteiger partial charge on any atom is 0.414 e. The SMILES string of the molecule is COc1cc(S(C)(=O)=O)ccc1NC1=CC(N)(CC(C)C)C2=C(C(F)(F)F)CN=C2N1. The van der Waals surface area contributed by atoms with Crippen molar-refractivity contribution in [1.82, 2.24) is 5.32 Å². The van der Waals surface area contributed by atoms with Crippen molar-refractivity contribution in [3.05, 3.63) is 41.2 Å². The molecule has 3 rings (SSSR count). The summed E-state index contributed by atoms with van der Waals surface area (Å²) in [6.07, 6.45) is -1.66. The molecular formula is C20H25F3N4O3S. The molecule has 0 amide bonds. The molecule has 1 unspecified atom stereocenters. The fraction of sp³-hybridized carbons (Fsp3) is 0.450. The minimum atomic E-state index is -4.53. The molecule has 0 radical (unpaired) electrons. The number of anilines is 1. The predicted molar refractivity (Wildman–Crippen MR) is 113 cm³/mol. The van der Waals surface area contributed by atoms with Crippen molar-refractivity contribution >= 4 is 21.4 Å². The maximum atomic E-state index is 13.6. The van der Waals surface area contributed by atoms with Crippen LogP contribution in [-0.2, 0) is 9.84 Å². The third kappa shape index (κ3) is 4.72. The number of nitrogens with one attached hydrogen (secondary N) is 2. The molecular weight excluding hydrogens is 433 g/mol. The van der Waals surface area contributed by atoms with E-state index in [4.69, 9.17) is 10.5 Å². The van der Waals surface area contributed by atoms with Crippen molar-refractivity contribution in [2.24, 2.45) is 16.6 Å². The van der Waals surface area contributed by atoms with Gasteiger partial charge >= 0.3 is 6.18 Å². The van der Waals surface area contributed by atoms with Crippen LogP contribution in [0.25, 0.3) is 0 Å². The molecule has 31 heavy (non-hydrogen) atoms. The van der Waals surface area contributed by atoms with Gasteiger partial charge in [0.2, 0.25) is 0 Å². The molecule has 170 valence electrons. The lowest BCUT2D eigenvalue weighted by Crippen LogP contribution is -2.52. The molecule has 1 aromatic rings. The summed E-state index contributed by atoms with van der Waals surface area (Å²) >= 11 is 0. The standard InChI is InChI=1S/C20H25F3N4O3S/c1-11(2)8-19(24)9-16(27-18-17(19)13(10-25-18)20(21,22)23)26-14-6-5-12(31(4,28)29)7-15(14)30-3/h5-7,9,11,26H,8,10,24H2,1-4H3,(H,25,27). The molecule has 1 aromatic carbocycles. The summed E-state index contributed by atoms with van der Waals surface area (Å²) in [6.45, 7) is 3.26. The molecule has 0 saturated carbocycles. The fourth-order valence-electron chi connectivity index (χ4n) is 3.84. The Bertz CT molecular complexity index is 1090. The number of amidine groups is 1. The van der Waals surface area contributed by atoms with Gasteiger partial charge in [0.05, 0.1) is 35.3 Å². The van der Waals surface area contributed by atoms with Gasteiger partial charge in [-0.25, -0.2) is 8.42 Å². The third-order valence-corrected chi connectivity index (χ3v) is 6.12. The van der Waals surface area contributed by atoms with Gasteiger partial charge in [0, 0.05) is 17.9 Å². The molecule has 2 aliphatic heterocycles. The van der Waals surface area contributed by atoms with Gasteiger partial charge in [0.1, 0.15) is 17.4 Å². The lowest BCUT2D eigenvalue weighted by molar-refractivity contribution is -0.0927. The van der Waals surface area contributed by atoms with Gasteiger partial charge < -0.3 is 21.1 Å². The van der Waals surface area contributed by atoms with Gasteiger partial charge in [-0.15, -0.1) is 0 Å². The van der Waals surface area contributed by atoms with Crippen molar-refractivity contribution in [2.45, 2.75) is 36.9 Å². The molecule has 2 aliphatic rings. The number of ether oxygens (including phenoxy) is 1. The number of methoxy groups -OCH3 is 1. The predicted octanol–water partition coefficient (Wildman–Crippen LogP) is 2.97. The molecule has 11 heteroatoms. The Balaban J connectivity index is 2.04. The largest absolute Gasteiger partial charge is 0.495 e. The molecule has 0 spiro atoms. The summed E-state index contributed by atoms with van der Waals surface area (Å²) < 4.78 is 69.6. The molecule has 0 aromatic heterocycles. The molecule has 0 saturated heterocycles. The highest BCUT2D eigenvalue weighted by Gasteiger charge is 2.48. The van der Waals surface area contributed by atoms with E-state index < -0.39 is 33.7 Å². The highest BCUT2D eigenvalue weighted by molar-refractivity contribution is 7.90. The van der Waals surface area contributed by atoms with E-state index in [0.717, 1.165) is 6.26 Å². The summed E-state index contributed by atoms with van der Waals surface area (Å²) in [5.41, 5.74) is 4.76. The number of halogens is 3. The number of hydrogen-bond donors (Lipinski definition) is 3. The van der Waals surface area contributed by atoms with Gasteiger partial charge in [0.25, 0.3) is 0 Å². The quantitative estimate of drug-likeness (QED) is 0.605. The van der Waals surface area contributed by atoms with E-state index >= 15 is 0 Å². The molecule has 2 heterocycles. The van der Waals surface area contributed by atoms with Gasteiger partial charge in [-0.1, -0.05) is 13.8 Å². The Morgan fingerprint density at radius 2 is 2.03 bits per heavy atom. The summed E-state index contributed by atoms with van der Waals surface area (Å²) in [6, 6.07) is 4.29. The van der Waals surface area contributed by atoms with Crippen molar-refractivity contribution in [3.63, 3.8) is 0 Å². The maximum absolute atomic E-state index is 13.6. The first-order valence-electron chi connectivity index (χ1n) is 9.54. The van der Waals surface area contributed by atoms with E-state index in [1.807, 2.05) is 13.8 Å². The lowest BCUT2D eigenvalue weighted by atomic mass is 9.78. The van der Waals surface area contributed by atoms with Crippen molar-refractivity contribution in [3.8, 4) is 5.75 Å². The Morgan fingerprint density at radius 3 is 2.58 bits per heavy atom. The first kappa shape index (κ1) is 23.1. The van der Waals surface area contributed by atoms with E-state index in [1.54, 1.807) is 0 Å². The molecule has 4 N–H and O–H groups in total. The van der Waals surface area contributed by atoms with E-state index in [9.17, 15) is 21.6 Å². The fourth-order valence-corrected chi connectivity index (χ4v) is 4.48. The normalized spacial score (nSPS) is 21.5. The second kappa shape index (κ2) is 7.86. The van der Waals surface area contributed by atoms with E-state index in [0.29, 0.717) is 11.5 Å². The first-order chi connectivity index (χ1) is 14.2. The van der Waals surface area contributed by atoms with Crippen LogP contribution in [0.1, 0.15) is 20.3 Å². The third-order valence-electron chi connectivity index (χ3n) is 5.01. The van der Waals surface area contributed by atoms with Crippen LogP contribution in [0.2, 0.25) is 0 Å². The minimum Gasteiger partial charge on any atom is -0.495 e. The zero-order chi connectivity index (χ0) is 23.2. The Kier molecular flexibility index (Phi) is 5.87. The number of hydrogen-bond acceptors (Lipinski definition) is 7. The van der Waals surface area contributed by atoms with Gasteiger partial charge in [-0.2, -0.15) is 13.2 Å². The molecule has 1 atom stereocenters. The van der Waals surface area contributed by atoms with Crippen LogP contribution < -0.4 is 21.1 Å². The number of nitrogens with two attached hydrogens (primary N) is 1. The number of fused-ring (bicyclic) bond motifs is 1. The molecule has 0 fully saturated rings. The summed E-state index contributed by atoms with van der Waals surface area (Å²) in [4.78, 5) is 4.11. The van der Waals surface area contributed by atoms with Crippen LogP contribution in [0.5, 0.6) is 5.75 Å². The zero-order valence-corrected chi connectivity index (χ0v) is 18.4. The average Bonchev–Trinajstić information content (AvgIpc) is 3.05. The number of aliphatic imine (C=N–C) groups is 1. The highest BCUT2D eigenvalue weighted by atomic mass is 32.2. The van der Waals surface area contributed by atoms with Crippen LogP contribution in [0.3, 0.4) is 0 Å². The Labute approximate surface area is 179 Å². The smallest absolute Gasteiger partial charge is 0.414 e. The van der Waals surface area contributed by atoms with Crippen LogP contribution in [0, 0.1) is 5.92 Å². The number of alkyl halides is 3. The Morgan fingerprint density at radius 1 is 1.35 bits per heavy atom. The summed E-state index contributed by atoms with van der Waals surface area (Å²) in [5.74, 6) is 0.683. The van der Waals surface area contributed by atoms with E-state index in [1.165, 1.54) is 31.4 Å². The van der Waals surface area contributed by atoms with Crippen molar-refractivity contribution in [2.75, 3.05) is 25.2 Å². The average molecular weight is 459 g/mol. The monoisotopic (exact) mass is 458 g/mol. The second-order valence-corrected chi connectivity index (χ2v) is 10.1.